The molecular weight excluding hydrogens is 489 g/mol. The lowest BCUT2D eigenvalue weighted by Gasteiger charge is -2.57. The number of likely N-dealkylation sites (tertiary alicyclic amines) is 1. The zero-order valence-electron chi connectivity index (χ0n) is 20.7. The second-order valence-corrected chi connectivity index (χ2v) is 12.6. The number of nitrogens with zero attached hydrogens (tertiary/aromatic N) is 3. The summed E-state index contributed by atoms with van der Waals surface area (Å²) in [5.74, 6) is -2.85. The Morgan fingerprint density at radius 3 is 2.64 bits per heavy atom. The van der Waals surface area contributed by atoms with Crippen LogP contribution in [0, 0.1) is 35.8 Å². The lowest BCUT2D eigenvalue weighted by Crippen LogP contribution is -2.61. The summed E-state index contributed by atoms with van der Waals surface area (Å²) in [7, 11) is -4.65. The number of piperidine rings is 1. The molecule has 1 N–H and O–H groups in total. The molecule has 2 saturated heterocycles. The number of nitrogens with one attached hydrogen (secondary N) is 1. The molecule has 1 spiro atoms. The van der Waals surface area contributed by atoms with E-state index in [-0.39, 0.29) is 16.8 Å². The highest BCUT2D eigenvalue weighted by molar-refractivity contribution is 7.92. The third-order valence-electron chi connectivity index (χ3n) is 8.13. The standard InChI is InChI=1S/C26H33F3N4O2S/c1-17-6-5-11-32(14-17)19-7-4-10-26(13-19)15-33(16-26)21-12-20(27)25(24(29)18(21)2)36(34,35)31-23-9-3-8-22(28)30-23/h3,8-9,12,17,19H,4-7,10-11,13-16H2,1-2H3,(H,30,31)/t17-,19+/m1/s1. The van der Waals surface area contributed by atoms with Crippen LogP contribution in [-0.2, 0) is 10.0 Å². The number of halogens is 3. The van der Waals surface area contributed by atoms with Crippen molar-refractivity contribution in [1.82, 2.24) is 9.88 Å². The largest absolute Gasteiger partial charge is 0.370 e. The molecule has 0 amide bonds. The first kappa shape index (κ1) is 25.3. The zero-order valence-corrected chi connectivity index (χ0v) is 21.6. The van der Waals surface area contributed by atoms with Gasteiger partial charge in [-0.2, -0.15) is 4.39 Å². The first-order chi connectivity index (χ1) is 17.1. The van der Waals surface area contributed by atoms with Crippen molar-refractivity contribution >= 4 is 21.5 Å². The van der Waals surface area contributed by atoms with Crippen LogP contribution in [0.3, 0.4) is 0 Å². The highest BCUT2D eigenvalue weighted by Crippen LogP contribution is 2.48. The fraction of sp³-hybridized carbons (Fsp3) is 0.577. The van der Waals surface area contributed by atoms with Crippen molar-refractivity contribution in [3.8, 4) is 0 Å². The van der Waals surface area contributed by atoms with Gasteiger partial charge in [0.15, 0.2) is 10.7 Å². The van der Waals surface area contributed by atoms with Crippen molar-refractivity contribution in [3.63, 3.8) is 0 Å². The molecule has 10 heteroatoms. The van der Waals surface area contributed by atoms with Crippen molar-refractivity contribution in [1.29, 1.82) is 0 Å². The van der Waals surface area contributed by atoms with E-state index in [4.69, 9.17) is 0 Å². The number of anilines is 2. The van der Waals surface area contributed by atoms with Crippen molar-refractivity contribution in [3.05, 3.63) is 47.4 Å². The van der Waals surface area contributed by atoms with E-state index < -0.39 is 32.5 Å². The van der Waals surface area contributed by atoms with Crippen LogP contribution in [0.4, 0.5) is 24.7 Å². The Morgan fingerprint density at radius 1 is 1.14 bits per heavy atom. The van der Waals surface area contributed by atoms with Gasteiger partial charge in [0.05, 0.1) is 0 Å². The molecule has 2 aromatic rings. The predicted molar refractivity (Wildman–Crippen MR) is 133 cm³/mol. The van der Waals surface area contributed by atoms with E-state index in [9.17, 15) is 12.8 Å². The maximum absolute atomic E-state index is 15.3. The van der Waals surface area contributed by atoms with Crippen molar-refractivity contribution in [2.24, 2.45) is 11.3 Å². The Morgan fingerprint density at radius 2 is 1.92 bits per heavy atom. The summed E-state index contributed by atoms with van der Waals surface area (Å²) in [6.07, 6.45) is 7.09. The maximum Gasteiger partial charge on any atom is 0.268 e. The number of pyridine rings is 1. The molecule has 0 unspecified atom stereocenters. The smallest absolute Gasteiger partial charge is 0.268 e. The van der Waals surface area contributed by atoms with Gasteiger partial charge in [0.2, 0.25) is 5.95 Å². The first-order valence-electron chi connectivity index (χ1n) is 12.7. The van der Waals surface area contributed by atoms with Crippen LogP contribution in [0.25, 0.3) is 0 Å². The highest BCUT2D eigenvalue weighted by Gasteiger charge is 2.48. The lowest BCUT2D eigenvalue weighted by atomic mass is 9.66. The van der Waals surface area contributed by atoms with Crippen LogP contribution in [0.1, 0.15) is 51.0 Å². The van der Waals surface area contributed by atoms with Crippen LogP contribution < -0.4 is 9.62 Å². The van der Waals surface area contributed by atoms with Gasteiger partial charge < -0.3 is 9.80 Å². The summed E-state index contributed by atoms with van der Waals surface area (Å²) in [4.78, 5) is 6.93. The van der Waals surface area contributed by atoms with Crippen LogP contribution in [0.5, 0.6) is 0 Å². The second kappa shape index (κ2) is 9.52. The summed E-state index contributed by atoms with van der Waals surface area (Å²) in [5.41, 5.74) is 0.599. The number of rotatable bonds is 5. The fourth-order valence-electron chi connectivity index (χ4n) is 6.42. The van der Waals surface area contributed by atoms with Gasteiger partial charge in [-0.1, -0.05) is 19.4 Å². The molecule has 3 heterocycles. The molecule has 1 aromatic carbocycles. The Kier molecular flexibility index (Phi) is 6.70. The number of aromatic nitrogens is 1. The molecule has 6 nitrogen and oxygen atoms in total. The Labute approximate surface area is 210 Å². The summed E-state index contributed by atoms with van der Waals surface area (Å²) >= 11 is 0. The van der Waals surface area contributed by atoms with Crippen LogP contribution in [0.2, 0.25) is 0 Å². The molecule has 1 aromatic heterocycles. The van der Waals surface area contributed by atoms with E-state index in [1.165, 1.54) is 38.3 Å². The van der Waals surface area contributed by atoms with E-state index in [0.717, 1.165) is 50.4 Å². The molecule has 5 rings (SSSR count). The van der Waals surface area contributed by atoms with E-state index in [1.54, 1.807) is 0 Å². The number of sulfonamides is 1. The van der Waals surface area contributed by atoms with Crippen LogP contribution >= 0.6 is 0 Å². The summed E-state index contributed by atoms with van der Waals surface area (Å²) in [6, 6.07) is 5.17. The van der Waals surface area contributed by atoms with Gasteiger partial charge in [-0.25, -0.2) is 22.2 Å². The Balaban J connectivity index is 1.32. The number of hydrogen-bond acceptors (Lipinski definition) is 5. The third kappa shape index (κ3) is 4.81. The van der Waals surface area contributed by atoms with Gasteiger partial charge >= 0.3 is 0 Å². The van der Waals surface area contributed by atoms with E-state index in [2.05, 4.69) is 16.8 Å². The first-order valence-corrected chi connectivity index (χ1v) is 14.2. The Hall–Kier alpha value is -2.33. The minimum atomic E-state index is -4.65. The predicted octanol–water partition coefficient (Wildman–Crippen LogP) is 5.09. The monoisotopic (exact) mass is 522 g/mol. The van der Waals surface area contributed by atoms with Gasteiger partial charge in [-0.05, 0) is 69.7 Å². The molecule has 196 valence electrons. The quantitative estimate of drug-likeness (QED) is 0.555. The second-order valence-electron chi connectivity index (χ2n) is 10.9. The lowest BCUT2D eigenvalue weighted by molar-refractivity contribution is 0.0329. The average molecular weight is 523 g/mol. The number of hydrogen-bond donors (Lipinski definition) is 1. The molecule has 2 aliphatic heterocycles. The summed E-state index contributed by atoms with van der Waals surface area (Å²) in [6.45, 7) is 7.51. The molecule has 0 bridgehead atoms. The minimum Gasteiger partial charge on any atom is -0.370 e. The minimum absolute atomic E-state index is 0.0797. The van der Waals surface area contributed by atoms with Gasteiger partial charge in [0.25, 0.3) is 10.0 Å². The molecule has 2 atom stereocenters. The molecule has 36 heavy (non-hydrogen) atoms. The van der Waals surface area contributed by atoms with Crippen molar-refractivity contribution < 1.29 is 21.6 Å². The molecule has 1 saturated carbocycles. The Bertz CT molecular complexity index is 1250. The summed E-state index contributed by atoms with van der Waals surface area (Å²) < 4.78 is 71.2. The summed E-state index contributed by atoms with van der Waals surface area (Å²) in [5, 5.41) is 0. The molecular formula is C26H33F3N4O2S. The van der Waals surface area contributed by atoms with Crippen LogP contribution in [-0.4, -0.2) is 50.5 Å². The molecule has 0 radical (unpaired) electrons. The molecule has 3 aliphatic rings. The zero-order chi connectivity index (χ0) is 25.7. The molecule has 3 fully saturated rings. The van der Waals surface area contributed by atoms with Gasteiger partial charge in [0, 0.05) is 42.3 Å². The fourth-order valence-corrected chi connectivity index (χ4v) is 7.61. The topological polar surface area (TPSA) is 65.5 Å². The van der Waals surface area contributed by atoms with E-state index >= 15 is 8.78 Å². The van der Waals surface area contributed by atoms with Crippen molar-refractivity contribution in [2.75, 3.05) is 35.8 Å². The molecule has 1 aliphatic carbocycles. The maximum atomic E-state index is 15.3. The van der Waals surface area contributed by atoms with Gasteiger partial charge in [0.1, 0.15) is 11.6 Å². The normalized spacial score (nSPS) is 24.5. The number of benzene rings is 1. The van der Waals surface area contributed by atoms with Gasteiger partial charge in [-0.15, -0.1) is 0 Å². The SMILES string of the molecule is Cc1c(N2CC3(CCC[C@H](N4CCC[C@@H](C)C4)C3)C2)cc(F)c(S(=O)(=O)Nc2cccc(F)n2)c1F. The van der Waals surface area contributed by atoms with E-state index in [1.807, 2.05) is 9.62 Å². The third-order valence-corrected chi connectivity index (χ3v) is 9.52. The van der Waals surface area contributed by atoms with Gasteiger partial charge in [-0.3, -0.25) is 4.72 Å². The van der Waals surface area contributed by atoms with Crippen molar-refractivity contribution in [2.45, 2.75) is 63.3 Å². The van der Waals surface area contributed by atoms with Crippen LogP contribution in [0.15, 0.2) is 29.2 Å². The van der Waals surface area contributed by atoms with E-state index in [0.29, 0.717) is 24.8 Å². The average Bonchev–Trinajstić information content (AvgIpc) is 2.79. The highest BCUT2D eigenvalue weighted by atomic mass is 32.2.